The van der Waals surface area contributed by atoms with Crippen LogP contribution in [-0.4, -0.2) is 47.4 Å². The minimum atomic E-state index is -0.878. The monoisotopic (exact) mass is 858 g/mol. The molecule has 358 valence electrons. The number of unbranched alkanes of at least 4 members (excludes halogenated alkanes) is 34. The Hall–Kier alpha value is -1.92. The SMILES string of the molecule is CCCCCCCCCCCCC/C=C/C(O)C(CO)NC(=O)CC/C=C\C/C=C\CCCCCCCCOC(=O)CCCCCCCCCCCCCCCCCCCC. The third-order valence-electron chi connectivity index (χ3n) is 12.2. The zero-order valence-electron chi connectivity index (χ0n) is 40.6. The van der Waals surface area contributed by atoms with Gasteiger partial charge in [-0.1, -0.05) is 249 Å². The van der Waals surface area contributed by atoms with Crippen molar-refractivity contribution in [2.24, 2.45) is 0 Å². The van der Waals surface area contributed by atoms with Crippen LogP contribution in [0.4, 0.5) is 0 Å². The van der Waals surface area contributed by atoms with Crippen molar-refractivity contribution in [1.29, 1.82) is 0 Å². The summed E-state index contributed by atoms with van der Waals surface area (Å²) in [7, 11) is 0. The quantitative estimate of drug-likeness (QED) is 0.0322. The van der Waals surface area contributed by atoms with E-state index in [1.54, 1.807) is 6.08 Å². The summed E-state index contributed by atoms with van der Waals surface area (Å²) < 4.78 is 5.47. The molecule has 0 aliphatic carbocycles. The number of esters is 1. The minimum Gasteiger partial charge on any atom is -0.466 e. The van der Waals surface area contributed by atoms with E-state index in [1.807, 2.05) is 12.2 Å². The Morgan fingerprint density at radius 1 is 0.459 bits per heavy atom. The average Bonchev–Trinajstić information content (AvgIpc) is 3.26. The first-order valence-electron chi connectivity index (χ1n) is 26.8. The second kappa shape index (κ2) is 50.7. The lowest BCUT2D eigenvalue weighted by Gasteiger charge is -2.19. The van der Waals surface area contributed by atoms with Gasteiger partial charge in [-0.15, -0.1) is 0 Å². The Morgan fingerprint density at radius 3 is 1.28 bits per heavy atom. The Balaban J connectivity index is 3.54. The number of carbonyl (C=O) groups excluding carboxylic acids is 2. The van der Waals surface area contributed by atoms with Crippen molar-refractivity contribution >= 4 is 11.9 Å². The molecule has 6 heteroatoms. The van der Waals surface area contributed by atoms with Crippen molar-refractivity contribution < 1.29 is 24.5 Å². The van der Waals surface area contributed by atoms with Crippen LogP contribution in [0, 0.1) is 0 Å². The number of nitrogens with one attached hydrogen (secondary N) is 1. The summed E-state index contributed by atoms with van der Waals surface area (Å²) in [5.41, 5.74) is 0. The largest absolute Gasteiger partial charge is 0.466 e. The first-order chi connectivity index (χ1) is 30.0. The van der Waals surface area contributed by atoms with Crippen LogP contribution in [0.25, 0.3) is 0 Å². The molecular weight excluding hydrogens is 755 g/mol. The molecule has 0 aliphatic heterocycles. The molecule has 61 heavy (non-hydrogen) atoms. The molecule has 6 nitrogen and oxygen atoms in total. The summed E-state index contributed by atoms with van der Waals surface area (Å²) in [5, 5.41) is 22.9. The summed E-state index contributed by atoms with van der Waals surface area (Å²) in [6, 6.07) is -0.671. The molecule has 0 saturated heterocycles. The highest BCUT2D eigenvalue weighted by Crippen LogP contribution is 2.16. The minimum absolute atomic E-state index is 0.0147. The van der Waals surface area contributed by atoms with Gasteiger partial charge < -0.3 is 20.3 Å². The van der Waals surface area contributed by atoms with Crippen molar-refractivity contribution in [3.63, 3.8) is 0 Å². The first-order valence-corrected chi connectivity index (χ1v) is 26.8. The van der Waals surface area contributed by atoms with E-state index in [2.05, 4.69) is 37.4 Å². The van der Waals surface area contributed by atoms with Crippen LogP contribution in [0.3, 0.4) is 0 Å². The van der Waals surface area contributed by atoms with E-state index < -0.39 is 12.1 Å². The van der Waals surface area contributed by atoms with Crippen LogP contribution in [0.15, 0.2) is 36.5 Å². The maximum absolute atomic E-state index is 12.4. The summed E-state index contributed by atoms with van der Waals surface area (Å²) in [6.07, 6.45) is 61.7. The van der Waals surface area contributed by atoms with Crippen LogP contribution in [0.5, 0.6) is 0 Å². The maximum Gasteiger partial charge on any atom is 0.305 e. The van der Waals surface area contributed by atoms with E-state index in [-0.39, 0.29) is 18.5 Å². The van der Waals surface area contributed by atoms with Gasteiger partial charge in [0, 0.05) is 12.8 Å². The summed E-state index contributed by atoms with van der Waals surface area (Å²) >= 11 is 0. The molecular formula is C55H103NO5. The molecule has 0 aromatic heterocycles. The van der Waals surface area contributed by atoms with E-state index in [9.17, 15) is 19.8 Å². The summed E-state index contributed by atoms with van der Waals surface area (Å²) in [5.74, 6) is -0.164. The van der Waals surface area contributed by atoms with Gasteiger partial charge in [-0.3, -0.25) is 9.59 Å². The number of aliphatic hydroxyl groups excluding tert-OH is 2. The number of ether oxygens (including phenoxy) is 1. The fourth-order valence-corrected chi connectivity index (χ4v) is 8.04. The number of hydrogen-bond acceptors (Lipinski definition) is 5. The predicted octanol–water partition coefficient (Wildman–Crippen LogP) is 16.1. The Morgan fingerprint density at radius 2 is 0.836 bits per heavy atom. The van der Waals surface area contributed by atoms with E-state index in [0.717, 1.165) is 51.4 Å². The molecule has 3 N–H and O–H groups in total. The van der Waals surface area contributed by atoms with Gasteiger partial charge in [-0.25, -0.2) is 0 Å². The highest BCUT2D eigenvalue weighted by atomic mass is 16.5. The molecule has 0 rings (SSSR count). The lowest BCUT2D eigenvalue weighted by atomic mass is 10.0. The van der Waals surface area contributed by atoms with Gasteiger partial charge in [0.05, 0.1) is 25.4 Å². The molecule has 2 atom stereocenters. The molecule has 0 spiro atoms. The normalized spacial score (nSPS) is 12.9. The lowest BCUT2D eigenvalue weighted by molar-refractivity contribution is -0.143. The van der Waals surface area contributed by atoms with Crippen LogP contribution in [0.2, 0.25) is 0 Å². The fourth-order valence-electron chi connectivity index (χ4n) is 8.04. The molecule has 2 unspecified atom stereocenters. The van der Waals surface area contributed by atoms with E-state index >= 15 is 0 Å². The molecule has 0 bridgehead atoms. The van der Waals surface area contributed by atoms with Crippen LogP contribution < -0.4 is 5.32 Å². The maximum atomic E-state index is 12.4. The average molecular weight is 858 g/mol. The lowest BCUT2D eigenvalue weighted by Crippen LogP contribution is -2.45. The highest BCUT2D eigenvalue weighted by Gasteiger charge is 2.17. The van der Waals surface area contributed by atoms with Crippen LogP contribution in [0.1, 0.15) is 277 Å². The molecule has 0 radical (unpaired) electrons. The number of rotatable bonds is 49. The standard InChI is InChI=1S/C55H103NO5/c1-3-5-7-9-11-13-15-17-18-19-20-21-25-29-33-37-41-45-49-55(60)61-50-46-42-38-34-30-26-22-24-28-32-36-40-44-48-54(59)56-52(51-57)53(58)47-43-39-35-31-27-23-16-14-12-10-8-6-4-2/h24,28,36,40,43,47,52-53,57-58H,3-23,25-27,29-35,37-39,41-42,44-46,48-51H2,1-2H3,(H,56,59)/b28-24-,40-36-,47-43+. The van der Waals surface area contributed by atoms with Gasteiger partial charge >= 0.3 is 5.97 Å². The summed E-state index contributed by atoms with van der Waals surface area (Å²) in [4.78, 5) is 24.4. The van der Waals surface area contributed by atoms with Gasteiger partial charge in [0.1, 0.15) is 0 Å². The third-order valence-corrected chi connectivity index (χ3v) is 12.2. The number of aliphatic hydroxyl groups is 2. The van der Waals surface area contributed by atoms with E-state index in [0.29, 0.717) is 25.9 Å². The van der Waals surface area contributed by atoms with Gasteiger partial charge in [-0.05, 0) is 51.4 Å². The number of amides is 1. The van der Waals surface area contributed by atoms with Gasteiger partial charge in [0.15, 0.2) is 0 Å². The van der Waals surface area contributed by atoms with Crippen molar-refractivity contribution in [3.8, 4) is 0 Å². The Bertz CT molecular complexity index is 993. The predicted molar refractivity (Wildman–Crippen MR) is 264 cm³/mol. The van der Waals surface area contributed by atoms with Gasteiger partial charge in [0.25, 0.3) is 0 Å². The molecule has 0 fully saturated rings. The van der Waals surface area contributed by atoms with Crippen LogP contribution in [-0.2, 0) is 14.3 Å². The topological polar surface area (TPSA) is 95.9 Å². The second-order valence-corrected chi connectivity index (χ2v) is 18.2. The number of hydrogen-bond donors (Lipinski definition) is 3. The van der Waals surface area contributed by atoms with Gasteiger partial charge in [0.2, 0.25) is 5.91 Å². The van der Waals surface area contributed by atoms with Crippen LogP contribution >= 0.6 is 0 Å². The zero-order chi connectivity index (χ0) is 44.4. The van der Waals surface area contributed by atoms with E-state index in [4.69, 9.17) is 4.74 Å². The molecule has 0 heterocycles. The number of allylic oxidation sites excluding steroid dienone is 5. The molecule has 1 amide bonds. The molecule has 0 aliphatic rings. The summed E-state index contributed by atoms with van der Waals surface area (Å²) in [6.45, 7) is 4.84. The third kappa shape index (κ3) is 47.4. The Labute approximate surface area is 379 Å². The highest BCUT2D eigenvalue weighted by molar-refractivity contribution is 5.76. The molecule has 0 saturated carbocycles. The van der Waals surface area contributed by atoms with Crippen molar-refractivity contribution in [2.75, 3.05) is 13.2 Å². The van der Waals surface area contributed by atoms with Crippen molar-refractivity contribution in [1.82, 2.24) is 5.32 Å². The Kier molecular flexibility index (Phi) is 49.1. The first kappa shape index (κ1) is 59.1. The van der Waals surface area contributed by atoms with Crippen molar-refractivity contribution in [2.45, 2.75) is 289 Å². The van der Waals surface area contributed by atoms with E-state index in [1.165, 1.54) is 193 Å². The smallest absolute Gasteiger partial charge is 0.305 e. The van der Waals surface area contributed by atoms with Gasteiger partial charge in [-0.2, -0.15) is 0 Å². The fraction of sp³-hybridized carbons (Fsp3) is 0.855. The number of carbonyl (C=O) groups is 2. The zero-order valence-corrected chi connectivity index (χ0v) is 40.6. The molecule has 0 aromatic rings. The van der Waals surface area contributed by atoms with Crippen molar-refractivity contribution in [3.05, 3.63) is 36.5 Å². The molecule has 0 aromatic carbocycles. The second-order valence-electron chi connectivity index (χ2n) is 18.2.